The summed E-state index contributed by atoms with van der Waals surface area (Å²) in [6, 6.07) is 1.89. The molecule has 0 aromatic rings. The van der Waals surface area contributed by atoms with Crippen molar-refractivity contribution in [1.82, 2.24) is 10.6 Å². The molecule has 0 aromatic carbocycles. The summed E-state index contributed by atoms with van der Waals surface area (Å²) in [5, 5.41) is 14.6. The Morgan fingerprint density at radius 2 is 2.05 bits per heavy atom. The molecule has 0 spiro atoms. The van der Waals surface area contributed by atoms with Crippen LogP contribution in [0.5, 0.6) is 0 Å². The summed E-state index contributed by atoms with van der Waals surface area (Å²) in [4.78, 5) is 11.6. The first-order valence-electron chi connectivity index (χ1n) is 6.70. The first-order valence-corrected chi connectivity index (χ1v) is 6.70. The Hall–Kier alpha value is -1.54. The lowest BCUT2D eigenvalue weighted by Crippen LogP contribution is -2.29. The molecule has 0 rings (SSSR count). The van der Waals surface area contributed by atoms with Crippen molar-refractivity contribution >= 4 is 5.91 Å². The predicted octanol–water partition coefficient (Wildman–Crippen LogP) is 1.57. The molecule has 5 nitrogen and oxygen atoms in total. The Labute approximate surface area is 116 Å². The lowest BCUT2D eigenvalue weighted by Gasteiger charge is -2.08. The standard InChI is InChI=1S/C14H25N3O2/c1-11(2)9-17-14(18)13(8-15)10-16-6-5-7-19-12(3)4/h10-12,16H,5-7,9H2,1-4H3,(H,17,18)/b13-10-. The number of amides is 1. The maximum absolute atomic E-state index is 11.6. The zero-order valence-electron chi connectivity index (χ0n) is 12.3. The van der Waals surface area contributed by atoms with E-state index in [0.717, 1.165) is 6.42 Å². The third kappa shape index (κ3) is 10.1. The minimum Gasteiger partial charge on any atom is -0.390 e. The number of nitrogens with zero attached hydrogens (tertiary/aromatic N) is 1. The van der Waals surface area contributed by atoms with Gasteiger partial charge in [-0.1, -0.05) is 13.8 Å². The van der Waals surface area contributed by atoms with E-state index < -0.39 is 0 Å². The second kappa shape index (κ2) is 10.4. The van der Waals surface area contributed by atoms with Crippen molar-refractivity contribution in [2.45, 2.75) is 40.2 Å². The normalized spacial score (nSPS) is 11.5. The zero-order valence-corrected chi connectivity index (χ0v) is 12.3. The highest BCUT2D eigenvalue weighted by Crippen LogP contribution is 1.94. The monoisotopic (exact) mass is 267 g/mol. The number of hydrogen-bond donors (Lipinski definition) is 2. The molecule has 0 saturated carbocycles. The molecule has 0 aromatic heterocycles. The molecule has 0 unspecified atom stereocenters. The van der Waals surface area contributed by atoms with Gasteiger partial charge in [-0.15, -0.1) is 0 Å². The summed E-state index contributed by atoms with van der Waals surface area (Å²) < 4.78 is 5.38. The minimum absolute atomic E-state index is 0.102. The number of rotatable bonds is 9. The molecule has 0 aliphatic heterocycles. The highest BCUT2D eigenvalue weighted by molar-refractivity contribution is 5.97. The largest absolute Gasteiger partial charge is 0.390 e. The molecule has 19 heavy (non-hydrogen) atoms. The van der Waals surface area contributed by atoms with E-state index in [1.807, 2.05) is 33.8 Å². The smallest absolute Gasteiger partial charge is 0.263 e. The molecule has 0 radical (unpaired) electrons. The van der Waals surface area contributed by atoms with E-state index in [-0.39, 0.29) is 17.6 Å². The number of nitriles is 1. The van der Waals surface area contributed by atoms with Crippen LogP contribution in [0.25, 0.3) is 0 Å². The summed E-state index contributed by atoms with van der Waals surface area (Å²) in [5.41, 5.74) is 0.102. The number of carbonyl (C=O) groups is 1. The van der Waals surface area contributed by atoms with E-state index in [4.69, 9.17) is 10.00 Å². The van der Waals surface area contributed by atoms with Gasteiger partial charge in [-0.3, -0.25) is 4.79 Å². The topological polar surface area (TPSA) is 74.2 Å². The van der Waals surface area contributed by atoms with Gasteiger partial charge in [-0.25, -0.2) is 0 Å². The summed E-state index contributed by atoms with van der Waals surface area (Å²) in [5.74, 6) is 0.0344. The number of carbonyl (C=O) groups excluding carboxylic acids is 1. The number of ether oxygens (including phenoxy) is 1. The Kier molecular flexibility index (Phi) is 9.55. The molecule has 0 saturated heterocycles. The van der Waals surface area contributed by atoms with Crippen LogP contribution in [-0.2, 0) is 9.53 Å². The van der Waals surface area contributed by atoms with Crippen molar-refractivity contribution in [1.29, 1.82) is 5.26 Å². The second-order valence-electron chi connectivity index (χ2n) is 5.00. The van der Waals surface area contributed by atoms with Gasteiger partial charge in [0.15, 0.2) is 0 Å². The second-order valence-corrected chi connectivity index (χ2v) is 5.00. The molecular weight excluding hydrogens is 242 g/mol. The summed E-state index contributed by atoms with van der Waals surface area (Å²) in [6.45, 7) is 9.89. The van der Waals surface area contributed by atoms with Gasteiger partial charge >= 0.3 is 0 Å². The highest BCUT2D eigenvalue weighted by atomic mass is 16.5. The van der Waals surface area contributed by atoms with Gasteiger partial charge in [0.1, 0.15) is 11.6 Å². The third-order valence-electron chi connectivity index (χ3n) is 2.20. The van der Waals surface area contributed by atoms with Gasteiger partial charge in [0.05, 0.1) is 6.10 Å². The molecule has 1 amide bonds. The van der Waals surface area contributed by atoms with Crippen molar-refractivity contribution in [3.05, 3.63) is 11.8 Å². The molecule has 0 aliphatic carbocycles. The van der Waals surface area contributed by atoms with Gasteiger partial charge in [0.2, 0.25) is 0 Å². The van der Waals surface area contributed by atoms with Crippen molar-refractivity contribution in [2.24, 2.45) is 5.92 Å². The van der Waals surface area contributed by atoms with Crippen LogP contribution in [0.15, 0.2) is 11.8 Å². The van der Waals surface area contributed by atoms with Crippen LogP contribution in [0.3, 0.4) is 0 Å². The third-order valence-corrected chi connectivity index (χ3v) is 2.20. The summed E-state index contributed by atoms with van der Waals surface area (Å²) in [6.07, 6.45) is 2.53. The van der Waals surface area contributed by atoms with Crippen molar-refractivity contribution in [3.63, 3.8) is 0 Å². The maximum Gasteiger partial charge on any atom is 0.263 e. The van der Waals surface area contributed by atoms with E-state index in [2.05, 4.69) is 10.6 Å². The molecule has 5 heteroatoms. The predicted molar refractivity (Wildman–Crippen MR) is 75.3 cm³/mol. The Balaban J connectivity index is 3.92. The van der Waals surface area contributed by atoms with Crippen LogP contribution in [0, 0.1) is 17.2 Å². The fourth-order valence-electron chi connectivity index (χ4n) is 1.21. The Bertz CT molecular complexity index is 330. The number of hydrogen-bond acceptors (Lipinski definition) is 4. The van der Waals surface area contributed by atoms with Crippen LogP contribution in [0.2, 0.25) is 0 Å². The lowest BCUT2D eigenvalue weighted by atomic mass is 10.2. The fraction of sp³-hybridized carbons (Fsp3) is 0.714. The van der Waals surface area contributed by atoms with Crippen molar-refractivity contribution < 1.29 is 9.53 Å². The minimum atomic E-state index is -0.331. The van der Waals surface area contributed by atoms with Gasteiger partial charge in [-0.05, 0) is 26.2 Å². The summed E-state index contributed by atoms with van der Waals surface area (Å²) >= 11 is 0. The number of nitrogens with one attached hydrogen (secondary N) is 2. The molecule has 108 valence electrons. The van der Waals surface area contributed by atoms with E-state index in [1.165, 1.54) is 6.20 Å². The Morgan fingerprint density at radius 3 is 2.58 bits per heavy atom. The first-order chi connectivity index (χ1) is 8.97. The van der Waals surface area contributed by atoms with Gasteiger partial charge < -0.3 is 15.4 Å². The molecule has 0 aliphatic rings. The maximum atomic E-state index is 11.6. The van der Waals surface area contributed by atoms with Crippen LogP contribution < -0.4 is 10.6 Å². The van der Waals surface area contributed by atoms with Crippen LogP contribution in [0.1, 0.15) is 34.1 Å². The molecular formula is C14H25N3O2. The van der Waals surface area contributed by atoms with Crippen molar-refractivity contribution in [2.75, 3.05) is 19.7 Å². The van der Waals surface area contributed by atoms with E-state index in [1.54, 1.807) is 0 Å². The van der Waals surface area contributed by atoms with Gasteiger partial charge in [0, 0.05) is 25.9 Å². The molecule has 0 fully saturated rings. The van der Waals surface area contributed by atoms with Crippen LogP contribution in [0.4, 0.5) is 0 Å². The lowest BCUT2D eigenvalue weighted by molar-refractivity contribution is -0.117. The van der Waals surface area contributed by atoms with Gasteiger partial charge in [-0.2, -0.15) is 5.26 Å². The Morgan fingerprint density at radius 1 is 1.37 bits per heavy atom. The highest BCUT2D eigenvalue weighted by Gasteiger charge is 2.08. The molecule has 0 heterocycles. The molecule has 0 bridgehead atoms. The quantitative estimate of drug-likeness (QED) is 0.378. The molecule has 0 atom stereocenters. The summed E-state index contributed by atoms with van der Waals surface area (Å²) in [7, 11) is 0. The van der Waals surface area contributed by atoms with Crippen LogP contribution in [-0.4, -0.2) is 31.7 Å². The molecule has 2 N–H and O–H groups in total. The van der Waals surface area contributed by atoms with E-state index in [0.29, 0.717) is 25.6 Å². The van der Waals surface area contributed by atoms with E-state index >= 15 is 0 Å². The SMILES string of the molecule is CC(C)CNC(=O)/C(C#N)=C\NCCCOC(C)C. The first kappa shape index (κ1) is 17.5. The average molecular weight is 267 g/mol. The average Bonchev–Trinajstić information content (AvgIpc) is 2.34. The fourth-order valence-corrected chi connectivity index (χ4v) is 1.21. The zero-order chi connectivity index (χ0) is 14.7. The van der Waals surface area contributed by atoms with Crippen molar-refractivity contribution in [3.8, 4) is 6.07 Å². The van der Waals surface area contributed by atoms with Gasteiger partial charge in [0.25, 0.3) is 5.91 Å². The van der Waals surface area contributed by atoms with Crippen LogP contribution >= 0.6 is 0 Å². The van der Waals surface area contributed by atoms with E-state index in [9.17, 15) is 4.79 Å².